The van der Waals surface area contributed by atoms with Crippen molar-refractivity contribution < 1.29 is 9.53 Å². The maximum atomic E-state index is 11.3. The SMILES string of the molecule is CCNC(=O)/C=C/c1csc(-c2ccc(OC)cc2)n1. The number of hydrogen-bond acceptors (Lipinski definition) is 4. The molecule has 0 radical (unpaired) electrons. The first kappa shape index (κ1) is 14.3. The van der Waals surface area contributed by atoms with Crippen LogP contribution in [0.3, 0.4) is 0 Å². The molecule has 2 rings (SSSR count). The molecule has 0 unspecified atom stereocenters. The van der Waals surface area contributed by atoms with Crippen molar-refractivity contribution in [2.75, 3.05) is 13.7 Å². The molecular formula is C15H16N2O2S. The number of carbonyl (C=O) groups excluding carboxylic acids is 1. The monoisotopic (exact) mass is 288 g/mol. The Morgan fingerprint density at radius 1 is 1.40 bits per heavy atom. The van der Waals surface area contributed by atoms with Gasteiger partial charge in [-0.05, 0) is 37.3 Å². The Kier molecular flexibility index (Phi) is 4.90. The second-order valence-corrected chi connectivity index (χ2v) is 4.89. The average molecular weight is 288 g/mol. The summed E-state index contributed by atoms with van der Waals surface area (Å²) in [5.74, 6) is 0.716. The summed E-state index contributed by atoms with van der Waals surface area (Å²) in [5.41, 5.74) is 1.82. The van der Waals surface area contributed by atoms with Crippen LogP contribution in [0.25, 0.3) is 16.6 Å². The molecule has 0 bridgehead atoms. The summed E-state index contributed by atoms with van der Waals surface area (Å²) in [6.07, 6.45) is 3.21. The van der Waals surface area contributed by atoms with E-state index in [1.807, 2.05) is 36.6 Å². The summed E-state index contributed by atoms with van der Waals surface area (Å²) >= 11 is 1.55. The molecule has 0 atom stereocenters. The van der Waals surface area contributed by atoms with Gasteiger partial charge in [0.2, 0.25) is 5.91 Å². The summed E-state index contributed by atoms with van der Waals surface area (Å²) in [6, 6.07) is 7.74. The van der Waals surface area contributed by atoms with Crippen LogP contribution in [-0.4, -0.2) is 24.5 Å². The first-order valence-corrected chi connectivity index (χ1v) is 7.16. The number of nitrogens with zero attached hydrogens (tertiary/aromatic N) is 1. The van der Waals surface area contributed by atoms with Crippen molar-refractivity contribution in [3.8, 4) is 16.3 Å². The summed E-state index contributed by atoms with van der Waals surface area (Å²) in [7, 11) is 1.64. The largest absolute Gasteiger partial charge is 0.497 e. The van der Waals surface area contributed by atoms with E-state index in [4.69, 9.17) is 4.74 Å². The van der Waals surface area contributed by atoms with Crippen LogP contribution >= 0.6 is 11.3 Å². The first-order chi connectivity index (χ1) is 9.72. The Hall–Kier alpha value is -2.14. The van der Waals surface area contributed by atoms with Crippen LogP contribution < -0.4 is 10.1 Å². The molecule has 20 heavy (non-hydrogen) atoms. The quantitative estimate of drug-likeness (QED) is 0.861. The van der Waals surface area contributed by atoms with Crippen LogP contribution in [0.2, 0.25) is 0 Å². The van der Waals surface area contributed by atoms with Gasteiger partial charge in [-0.2, -0.15) is 0 Å². The molecule has 1 aromatic carbocycles. The molecule has 0 saturated heterocycles. The molecule has 0 saturated carbocycles. The van der Waals surface area contributed by atoms with E-state index in [0.29, 0.717) is 6.54 Å². The normalized spacial score (nSPS) is 10.7. The standard InChI is InChI=1S/C15H16N2O2S/c1-3-16-14(18)9-6-12-10-20-15(17-12)11-4-7-13(19-2)8-5-11/h4-10H,3H2,1-2H3,(H,16,18)/b9-6+. The average Bonchev–Trinajstić information content (AvgIpc) is 2.94. The van der Waals surface area contributed by atoms with E-state index >= 15 is 0 Å². The smallest absolute Gasteiger partial charge is 0.244 e. The Balaban J connectivity index is 2.09. The number of likely N-dealkylation sites (N-methyl/N-ethyl adjacent to an activating group) is 1. The van der Waals surface area contributed by atoms with Crippen LogP contribution in [-0.2, 0) is 4.79 Å². The van der Waals surface area contributed by atoms with Crippen LogP contribution in [0.4, 0.5) is 0 Å². The van der Waals surface area contributed by atoms with E-state index in [-0.39, 0.29) is 5.91 Å². The van der Waals surface area contributed by atoms with Gasteiger partial charge in [0, 0.05) is 23.6 Å². The van der Waals surface area contributed by atoms with E-state index in [1.165, 1.54) is 6.08 Å². The topological polar surface area (TPSA) is 51.2 Å². The van der Waals surface area contributed by atoms with E-state index in [1.54, 1.807) is 24.5 Å². The molecule has 4 nitrogen and oxygen atoms in total. The molecule has 1 N–H and O–H groups in total. The van der Waals surface area contributed by atoms with Crippen LogP contribution in [0.1, 0.15) is 12.6 Å². The Bertz CT molecular complexity index is 603. The molecule has 0 aliphatic heterocycles. The van der Waals surface area contributed by atoms with Gasteiger partial charge in [-0.1, -0.05) is 0 Å². The third-order valence-electron chi connectivity index (χ3n) is 2.62. The molecule has 1 aromatic heterocycles. The van der Waals surface area contributed by atoms with Gasteiger partial charge in [0.05, 0.1) is 12.8 Å². The lowest BCUT2D eigenvalue weighted by Crippen LogP contribution is -2.19. The van der Waals surface area contributed by atoms with Gasteiger partial charge in [-0.25, -0.2) is 4.98 Å². The second-order valence-electron chi connectivity index (χ2n) is 4.03. The molecule has 104 valence electrons. The van der Waals surface area contributed by atoms with Crippen molar-refractivity contribution >= 4 is 23.3 Å². The zero-order valence-electron chi connectivity index (χ0n) is 11.4. The Labute approximate surface area is 122 Å². The molecule has 0 aliphatic carbocycles. The molecule has 0 spiro atoms. The van der Waals surface area contributed by atoms with Crippen LogP contribution in [0.15, 0.2) is 35.7 Å². The number of ether oxygens (including phenoxy) is 1. The summed E-state index contributed by atoms with van der Waals surface area (Å²) in [6.45, 7) is 2.51. The van der Waals surface area contributed by atoms with Crippen molar-refractivity contribution in [3.05, 3.63) is 41.4 Å². The summed E-state index contributed by atoms with van der Waals surface area (Å²) < 4.78 is 5.13. The number of amides is 1. The van der Waals surface area contributed by atoms with Crippen LogP contribution in [0.5, 0.6) is 5.75 Å². The molecule has 1 amide bonds. The number of rotatable bonds is 5. The maximum absolute atomic E-state index is 11.3. The van der Waals surface area contributed by atoms with Gasteiger partial charge in [-0.15, -0.1) is 11.3 Å². The highest BCUT2D eigenvalue weighted by molar-refractivity contribution is 7.13. The van der Waals surface area contributed by atoms with Gasteiger partial charge in [0.15, 0.2) is 0 Å². The Morgan fingerprint density at radius 3 is 2.80 bits per heavy atom. The lowest BCUT2D eigenvalue weighted by atomic mass is 10.2. The molecule has 2 aromatic rings. The van der Waals surface area contributed by atoms with Gasteiger partial charge < -0.3 is 10.1 Å². The lowest BCUT2D eigenvalue weighted by Gasteiger charge is -1.99. The third kappa shape index (κ3) is 3.68. The molecule has 5 heteroatoms. The first-order valence-electron chi connectivity index (χ1n) is 6.28. The van der Waals surface area contributed by atoms with Gasteiger partial charge >= 0.3 is 0 Å². The number of nitrogens with one attached hydrogen (secondary N) is 1. The van der Waals surface area contributed by atoms with Crippen molar-refractivity contribution in [2.45, 2.75) is 6.92 Å². The number of methoxy groups -OCH3 is 1. The van der Waals surface area contributed by atoms with E-state index in [0.717, 1.165) is 22.0 Å². The molecule has 1 heterocycles. The van der Waals surface area contributed by atoms with E-state index < -0.39 is 0 Å². The number of aromatic nitrogens is 1. The van der Waals surface area contributed by atoms with Gasteiger partial charge in [0.25, 0.3) is 0 Å². The van der Waals surface area contributed by atoms with E-state index in [9.17, 15) is 4.79 Å². The maximum Gasteiger partial charge on any atom is 0.244 e. The molecular weight excluding hydrogens is 272 g/mol. The highest BCUT2D eigenvalue weighted by Crippen LogP contribution is 2.25. The van der Waals surface area contributed by atoms with Crippen molar-refractivity contribution in [2.24, 2.45) is 0 Å². The Morgan fingerprint density at radius 2 is 2.15 bits per heavy atom. The van der Waals surface area contributed by atoms with Gasteiger partial charge in [-0.3, -0.25) is 4.79 Å². The van der Waals surface area contributed by atoms with Gasteiger partial charge in [0.1, 0.15) is 10.8 Å². The van der Waals surface area contributed by atoms with Crippen molar-refractivity contribution in [1.82, 2.24) is 10.3 Å². The van der Waals surface area contributed by atoms with Crippen molar-refractivity contribution in [3.63, 3.8) is 0 Å². The zero-order valence-corrected chi connectivity index (χ0v) is 12.2. The highest BCUT2D eigenvalue weighted by Gasteiger charge is 2.03. The fourth-order valence-electron chi connectivity index (χ4n) is 1.62. The summed E-state index contributed by atoms with van der Waals surface area (Å²) in [5, 5.41) is 5.55. The van der Waals surface area contributed by atoms with Crippen LogP contribution in [0, 0.1) is 0 Å². The minimum atomic E-state index is -0.105. The fourth-order valence-corrected chi connectivity index (χ4v) is 2.42. The van der Waals surface area contributed by atoms with E-state index in [2.05, 4.69) is 10.3 Å². The number of carbonyl (C=O) groups is 1. The minimum Gasteiger partial charge on any atom is -0.497 e. The lowest BCUT2D eigenvalue weighted by molar-refractivity contribution is -0.116. The number of benzene rings is 1. The fraction of sp³-hybridized carbons (Fsp3) is 0.200. The second kappa shape index (κ2) is 6.86. The highest BCUT2D eigenvalue weighted by atomic mass is 32.1. The zero-order chi connectivity index (χ0) is 14.4. The number of thiazole rings is 1. The molecule has 0 fully saturated rings. The number of hydrogen-bond donors (Lipinski definition) is 1. The minimum absolute atomic E-state index is 0.105. The molecule has 0 aliphatic rings. The van der Waals surface area contributed by atoms with Crippen molar-refractivity contribution in [1.29, 1.82) is 0 Å². The summed E-state index contributed by atoms with van der Waals surface area (Å²) in [4.78, 5) is 15.8. The predicted molar refractivity (Wildman–Crippen MR) is 81.8 cm³/mol. The third-order valence-corrected chi connectivity index (χ3v) is 3.52. The predicted octanol–water partition coefficient (Wildman–Crippen LogP) is 2.97.